The van der Waals surface area contributed by atoms with E-state index in [1.165, 1.54) is 27.8 Å². The summed E-state index contributed by atoms with van der Waals surface area (Å²) in [5.74, 6) is -0.220. The highest BCUT2D eigenvalue weighted by molar-refractivity contribution is 7.92. The van der Waals surface area contributed by atoms with Crippen LogP contribution in [0.5, 0.6) is 0 Å². The third-order valence-electron chi connectivity index (χ3n) is 7.31. The molecule has 1 fully saturated rings. The zero-order chi connectivity index (χ0) is 27.7. The number of fused-ring (bicyclic) bond motifs is 2. The van der Waals surface area contributed by atoms with Gasteiger partial charge >= 0.3 is 0 Å². The Hall–Kier alpha value is -3.02. The van der Waals surface area contributed by atoms with Gasteiger partial charge < -0.3 is 4.74 Å². The molecule has 1 amide bonds. The van der Waals surface area contributed by atoms with Gasteiger partial charge in [-0.05, 0) is 66.9 Å². The molecule has 40 heavy (non-hydrogen) atoms. The van der Waals surface area contributed by atoms with Crippen molar-refractivity contribution >= 4 is 59.9 Å². The van der Waals surface area contributed by atoms with Crippen LogP contribution in [0, 0.1) is 0 Å². The lowest BCUT2D eigenvalue weighted by Gasteiger charge is -2.27. The molecule has 11 heteroatoms. The lowest BCUT2D eigenvalue weighted by atomic mass is 10.2. The van der Waals surface area contributed by atoms with Crippen LogP contribution in [0.25, 0.3) is 10.2 Å². The third-order valence-corrected chi connectivity index (χ3v) is 10.4. The number of halogens is 1. The zero-order valence-corrected chi connectivity index (χ0v) is 24.2. The fourth-order valence-electron chi connectivity index (χ4n) is 5.17. The Bertz CT molecular complexity index is 1640. The van der Waals surface area contributed by atoms with Crippen LogP contribution in [0.15, 0.2) is 71.6 Å². The molecular formula is C29H29ClN4O4S2. The molecule has 0 atom stereocenters. The number of hydrogen-bond acceptors (Lipinski definition) is 7. The maximum absolute atomic E-state index is 13.8. The molecule has 0 spiro atoms. The summed E-state index contributed by atoms with van der Waals surface area (Å²) < 4.78 is 34.7. The largest absolute Gasteiger partial charge is 0.379 e. The number of morpholine rings is 1. The fraction of sp³-hybridized carbons (Fsp3) is 0.310. The van der Waals surface area contributed by atoms with E-state index in [9.17, 15) is 13.2 Å². The molecule has 2 aliphatic rings. The average Bonchev–Trinajstić information content (AvgIpc) is 3.60. The van der Waals surface area contributed by atoms with E-state index in [0.29, 0.717) is 40.9 Å². The normalized spacial score (nSPS) is 15.9. The second-order valence-corrected chi connectivity index (χ2v) is 13.2. The zero-order valence-electron chi connectivity index (χ0n) is 21.8. The number of ether oxygens (including phenoxy) is 1. The van der Waals surface area contributed by atoms with Crippen molar-refractivity contribution in [2.75, 3.05) is 55.1 Å². The number of anilines is 2. The quantitative estimate of drug-likeness (QED) is 0.282. The van der Waals surface area contributed by atoms with Gasteiger partial charge in [0.1, 0.15) is 0 Å². The first-order chi connectivity index (χ1) is 19.4. The Kier molecular flexibility index (Phi) is 7.78. The standard InChI is InChI=1S/C29H29ClN4O4S2/c30-23-8-11-25-27(20-23)39-29(31-25)33(14-3-13-32-16-18-38-19-17-32)28(35)22-6-9-24(10-7-22)40(36,37)34-15-12-21-4-1-2-5-26(21)34/h1-2,4-11,20H,3,12-19H2. The van der Waals surface area contributed by atoms with Crippen molar-refractivity contribution in [2.45, 2.75) is 17.7 Å². The van der Waals surface area contributed by atoms with E-state index in [1.807, 2.05) is 36.4 Å². The lowest BCUT2D eigenvalue weighted by Crippen LogP contribution is -2.39. The lowest BCUT2D eigenvalue weighted by molar-refractivity contribution is 0.0376. The van der Waals surface area contributed by atoms with E-state index in [0.717, 1.165) is 55.0 Å². The van der Waals surface area contributed by atoms with Crippen molar-refractivity contribution < 1.29 is 17.9 Å². The smallest absolute Gasteiger partial charge is 0.264 e. The molecule has 0 aliphatic carbocycles. The molecule has 0 unspecified atom stereocenters. The average molecular weight is 597 g/mol. The van der Waals surface area contributed by atoms with E-state index in [4.69, 9.17) is 21.3 Å². The Morgan fingerprint density at radius 2 is 1.80 bits per heavy atom. The monoisotopic (exact) mass is 596 g/mol. The van der Waals surface area contributed by atoms with E-state index in [-0.39, 0.29) is 10.8 Å². The highest BCUT2D eigenvalue weighted by Gasteiger charge is 2.31. The van der Waals surface area contributed by atoms with E-state index >= 15 is 0 Å². The number of thiazole rings is 1. The summed E-state index contributed by atoms with van der Waals surface area (Å²) in [6, 6.07) is 19.3. The summed E-state index contributed by atoms with van der Waals surface area (Å²) in [5, 5.41) is 1.21. The van der Waals surface area contributed by atoms with Crippen LogP contribution in [0.2, 0.25) is 5.02 Å². The van der Waals surface area contributed by atoms with Crippen molar-refractivity contribution in [2.24, 2.45) is 0 Å². The molecule has 3 heterocycles. The van der Waals surface area contributed by atoms with Gasteiger partial charge in [-0.2, -0.15) is 0 Å². The van der Waals surface area contributed by atoms with Crippen LogP contribution in [0.4, 0.5) is 10.8 Å². The highest BCUT2D eigenvalue weighted by atomic mass is 35.5. The fourth-order valence-corrected chi connectivity index (χ4v) is 7.94. The Morgan fingerprint density at radius 1 is 1.02 bits per heavy atom. The minimum atomic E-state index is -3.75. The third kappa shape index (κ3) is 5.46. The van der Waals surface area contributed by atoms with Crippen LogP contribution in [-0.4, -0.2) is 70.1 Å². The predicted molar refractivity (Wildman–Crippen MR) is 159 cm³/mol. The van der Waals surface area contributed by atoms with Crippen molar-refractivity contribution in [1.82, 2.24) is 9.88 Å². The van der Waals surface area contributed by atoms with Crippen molar-refractivity contribution in [3.63, 3.8) is 0 Å². The molecule has 0 saturated carbocycles. The number of carbonyl (C=O) groups is 1. The molecule has 0 bridgehead atoms. The highest BCUT2D eigenvalue weighted by Crippen LogP contribution is 2.34. The second kappa shape index (κ2) is 11.5. The van der Waals surface area contributed by atoms with Crippen LogP contribution in [0.1, 0.15) is 22.3 Å². The summed E-state index contributed by atoms with van der Waals surface area (Å²) in [4.78, 5) is 22.7. The number of para-hydroxylation sites is 1. The van der Waals surface area contributed by atoms with Gasteiger partial charge in [0.15, 0.2) is 5.13 Å². The number of benzene rings is 3. The first-order valence-corrected chi connectivity index (χ1v) is 15.9. The number of carbonyl (C=O) groups excluding carboxylic acids is 1. The number of nitrogens with zero attached hydrogens (tertiary/aromatic N) is 4. The summed E-state index contributed by atoms with van der Waals surface area (Å²) in [7, 11) is -3.75. The number of aromatic nitrogens is 1. The van der Waals surface area contributed by atoms with Crippen molar-refractivity contribution in [1.29, 1.82) is 0 Å². The van der Waals surface area contributed by atoms with Gasteiger partial charge in [-0.3, -0.25) is 18.9 Å². The van der Waals surface area contributed by atoms with E-state index < -0.39 is 10.0 Å². The van der Waals surface area contributed by atoms with Crippen LogP contribution in [0.3, 0.4) is 0 Å². The number of sulfonamides is 1. The molecule has 208 valence electrons. The topological polar surface area (TPSA) is 83.1 Å². The van der Waals surface area contributed by atoms with Crippen LogP contribution < -0.4 is 9.21 Å². The minimum Gasteiger partial charge on any atom is -0.379 e. The van der Waals surface area contributed by atoms with Gasteiger partial charge in [-0.1, -0.05) is 41.1 Å². The minimum absolute atomic E-state index is 0.161. The van der Waals surface area contributed by atoms with Crippen LogP contribution in [-0.2, 0) is 21.2 Å². The Morgan fingerprint density at radius 3 is 2.60 bits per heavy atom. The maximum atomic E-state index is 13.8. The molecule has 3 aromatic carbocycles. The number of rotatable bonds is 8. The SMILES string of the molecule is O=C(c1ccc(S(=O)(=O)N2CCc3ccccc32)cc1)N(CCCN1CCOCC1)c1nc2ccc(Cl)cc2s1. The molecular weight excluding hydrogens is 568 g/mol. The predicted octanol–water partition coefficient (Wildman–Crippen LogP) is 5.07. The van der Waals surface area contributed by atoms with Crippen molar-refractivity contribution in [3.8, 4) is 0 Å². The second-order valence-electron chi connectivity index (χ2n) is 9.85. The van der Waals surface area contributed by atoms with E-state index in [2.05, 4.69) is 4.90 Å². The van der Waals surface area contributed by atoms with Crippen LogP contribution >= 0.6 is 22.9 Å². The van der Waals surface area contributed by atoms with E-state index in [1.54, 1.807) is 23.1 Å². The first-order valence-electron chi connectivity index (χ1n) is 13.3. The molecule has 1 aromatic heterocycles. The molecule has 0 radical (unpaired) electrons. The van der Waals surface area contributed by atoms with Gasteiger partial charge in [0, 0.05) is 43.3 Å². The molecule has 4 aromatic rings. The van der Waals surface area contributed by atoms with Gasteiger partial charge in [0.05, 0.1) is 34.0 Å². The molecule has 6 rings (SSSR count). The number of amides is 1. The van der Waals surface area contributed by atoms with Crippen molar-refractivity contribution in [3.05, 3.63) is 82.9 Å². The first kappa shape index (κ1) is 27.2. The summed E-state index contributed by atoms with van der Waals surface area (Å²) >= 11 is 7.61. The maximum Gasteiger partial charge on any atom is 0.264 e. The van der Waals surface area contributed by atoms with Gasteiger partial charge in [0.25, 0.3) is 15.9 Å². The summed E-state index contributed by atoms with van der Waals surface area (Å²) in [6.45, 7) is 4.93. The Labute approximate surface area is 242 Å². The molecule has 2 aliphatic heterocycles. The molecule has 8 nitrogen and oxygen atoms in total. The molecule has 1 saturated heterocycles. The van der Waals surface area contributed by atoms with Gasteiger partial charge in [-0.25, -0.2) is 13.4 Å². The number of hydrogen-bond donors (Lipinski definition) is 0. The van der Waals surface area contributed by atoms with Gasteiger partial charge in [-0.15, -0.1) is 0 Å². The van der Waals surface area contributed by atoms with Gasteiger partial charge in [0.2, 0.25) is 0 Å². The summed E-state index contributed by atoms with van der Waals surface area (Å²) in [5.41, 5.74) is 2.92. The Balaban J connectivity index is 1.24. The molecule has 0 N–H and O–H groups in total. The summed E-state index contributed by atoms with van der Waals surface area (Å²) in [6.07, 6.45) is 1.45.